The molecule has 0 aliphatic rings. The highest BCUT2D eigenvalue weighted by Gasteiger charge is 2.07. The van der Waals surface area contributed by atoms with Crippen molar-refractivity contribution in [2.45, 2.75) is 0 Å². The number of benzene rings is 1. The predicted octanol–water partition coefficient (Wildman–Crippen LogP) is 2.45. The van der Waals surface area contributed by atoms with Gasteiger partial charge >= 0.3 is 0 Å². The number of hydrogen-bond acceptors (Lipinski definition) is 6. The first-order valence-electron chi connectivity index (χ1n) is 6.40. The molecule has 2 heterocycles. The van der Waals surface area contributed by atoms with Crippen LogP contribution in [0.5, 0.6) is 0 Å². The molecule has 0 saturated carbocycles. The summed E-state index contributed by atoms with van der Waals surface area (Å²) < 4.78 is 0. The average molecular weight is 278 g/mol. The van der Waals surface area contributed by atoms with Crippen molar-refractivity contribution in [2.75, 3.05) is 16.8 Å². The van der Waals surface area contributed by atoms with Crippen LogP contribution in [0.15, 0.2) is 54.6 Å². The van der Waals surface area contributed by atoms with Crippen LogP contribution in [-0.4, -0.2) is 15.0 Å². The van der Waals surface area contributed by atoms with Crippen molar-refractivity contribution in [3.8, 4) is 11.5 Å². The van der Waals surface area contributed by atoms with Crippen LogP contribution in [0.3, 0.4) is 0 Å². The number of hydrogen-bond donors (Lipinski definition) is 3. The zero-order valence-electron chi connectivity index (χ0n) is 11.2. The molecule has 0 fully saturated rings. The van der Waals surface area contributed by atoms with Crippen LogP contribution in [-0.2, 0) is 0 Å². The Balaban J connectivity index is 1.97. The van der Waals surface area contributed by atoms with Gasteiger partial charge in [0.05, 0.1) is 0 Å². The van der Waals surface area contributed by atoms with Crippen molar-refractivity contribution in [1.82, 2.24) is 15.0 Å². The third-order valence-electron chi connectivity index (χ3n) is 2.79. The molecule has 0 aliphatic carbocycles. The smallest absolute Gasteiger partial charge is 0.182 e. The largest absolute Gasteiger partial charge is 0.384 e. The number of anilines is 4. The number of nitrogens with two attached hydrogens (primary N) is 2. The Bertz CT molecular complexity index is 757. The predicted molar refractivity (Wildman–Crippen MR) is 83.8 cm³/mol. The number of aromatic nitrogens is 3. The van der Waals surface area contributed by atoms with Crippen molar-refractivity contribution in [3.05, 3.63) is 54.6 Å². The molecular weight excluding hydrogens is 264 g/mol. The molecule has 104 valence electrons. The highest BCUT2D eigenvalue weighted by atomic mass is 15.1. The summed E-state index contributed by atoms with van der Waals surface area (Å²) in [5.74, 6) is 1.81. The first kappa shape index (κ1) is 12.9. The van der Waals surface area contributed by atoms with Crippen LogP contribution < -0.4 is 16.8 Å². The van der Waals surface area contributed by atoms with Gasteiger partial charge in [0.2, 0.25) is 0 Å². The summed E-state index contributed by atoms with van der Waals surface area (Å²) in [5.41, 5.74) is 13.0. The number of para-hydroxylation sites is 1. The number of nitrogen functional groups attached to an aromatic ring is 2. The third-order valence-corrected chi connectivity index (χ3v) is 2.79. The van der Waals surface area contributed by atoms with Crippen molar-refractivity contribution < 1.29 is 0 Å². The second kappa shape index (κ2) is 5.46. The Kier molecular flexibility index (Phi) is 3.34. The lowest BCUT2D eigenvalue weighted by molar-refractivity contribution is 1.15. The molecule has 3 aromatic rings. The molecule has 21 heavy (non-hydrogen) atoms. The summed E-state index contributed by atoms with van der Waals surface area (Å²) in [4.78, 5) is 12.8. The molecule has 0 atom stereocenters. The maximum absolute atomic E-state index is 5.84. The lowest BCUT2D eigenvalue weighted by Crippen LogP contribution is -2.02. The number of rotatable bonds is 3. The van der Waals surface area contributed by atoms with Gasteiger partial charge in [0.15, 0.2) is 5.82 Å². The highest BCUT2D eigenvalue weighted by molar-refractivity contribution is 5.63. The van der Waals surface area contributed by atoms with Gasteiger partial charge in [-0.15, -0.1) is 0 Å². The Morgan fingerprint density at radius 3 is 2.33 bits per heavy atom. The van der Waals surface area contributed by atoms with E-state index in [0.29, 0.717) is 29.0 Å². The van der Waals surface area contributed by atoms with E-state index in [4.69, 9.17) is 11.5 Å². The van der Waals surface area contributed by atoms with Crippen LogP contribution in [0.25, 0.3) is 11.5 Å². The van der Waals surface area contributed by atoms with Gasteiger partial charge in [-0.3, -0.25) is 0 Å². The summed E-state index contributed by atoms with van der Waals surface area (Å²) in [6.45, 7) is 0. The zero-order chi connectivity index (χ0) is 14.7. The van der Waals surface area contributed by atoms with Gasteiger partial charge < -0.3 is 16.8 Å². The molecule has 6 nitrogen and oxygen atoms in total. The summed E-state index contributed by atoms with van der Waals surface area (Å²) in [7, 11) is 0. The van der Waals surface area contributed by atoms with E-state index >= 15 is 0 Å². The van der Waals surface area contributed by atoms with Gasteiger partial charge in [-0.25, -0.2) is 15.0 Å². The van der Waals surface area contributed by atoms with E-state index in [0.717, 1.165) is 5.69 Å². The minimum Gasteiger partial charge on any atom is -0.384 e. The van der Waals surface area contributed by atoms with Gasteiger partial charge in [0.25, 0.3) is 0 Å². The first-order chi connectivity index (χ1) is 10.2. The van der Waals surface area contributed by atoms with Gasteiger partial charge in [-0.2, -0.15) is 0 Å². The Morgan fingerprint density at radius 1 is 0.762 bits per heavy atom. The van der Waals surface area contributed by atoms with Crippen molar-refractivity contribution >= 4 is 23.1 Å². The van der Waals surface area contributed by atoms with E-state index in [2.05, 4.69) is 20.3 Å². The highest BCUT2D eigenvalue weighted by Crippen LogP contribution is 2.20. The van der Waals surface area contributed by atoms with E-state index < -0.39 is 0 Å². The third kappa shape index (κ3) is 3.06. The molecule has 0 saturated heterocycles. The molecule has 5 N–H and O–H groups in total. The van der Waals surface area contributed by atoms with Crippen LogP contribution >= 0.6 is 0 Å². The summed E-state index contributed by atoms with van der Waals surface area (Å²) in [5, 5.41) is 3.18. The Labute approximate surface area is 121 Å². The quantitative estimate of drug-likeness (QED) is 0.680. The first-order valence-corrected chi connectivity index (χ1v) is 6.40. The Morgan fingerprint density at radius 2 is 1.57 bits per heavy atom. The topological polar surface area (TPSA) is 103 Å². The molecule has 0 radical (unpaired) electrons. The van der Waals surface area contributed by atoms with E-state index in [1.54, 1.807) is 24.3 Å². The standard InChI is InChI=1S/C15H14N6/c16-12-8-4-7-11(19-12)15-20-13(17)9-14(21-15)18-10-5-2-1-3-6-10/h1-9H,(H2,16,19)(H3,17,18,20,21). The lowest BCUT2D eigenvalue weighted by Gasteiger charge is -2.08. The Hall–Kier alpha value is -3.15. The summed E-state index contributed by atoms with van der Waals surface area (Å²) in [6, 6.07) is 16.7. The molecule has 1 aromatic carbocycles. The molecular formula is C15H14N6. The number of nitrogens with zero attached hydrogens (tertiary/aromatic N) is 3. The second-order valence-electron chi connectivity index (χ2n) is 4.44. The monoisotopic (exact) mass is 278 g/mol. The fourth-order valence-electron chi connectivity index (χ4n) is 1.89. The SMILES string of the molecule is Nc1cccc(-c2nc(N)cc(Nc3ccccc3)n2)n1. The lowest BCUT2D eigenvalue weighted by atomic mass is 10.3. The average Bonchev–Trinajstić information content (AvgIpc) is 2.48. The fourth-order valence-corrected chi connectivity index (χ4v) is 1.89. The molecule has 6 heteroatoms. The second-order valence-corrected chi connectivity index (χ2v) is 4.44. The number of pyridine rings is 1. The maximum atomic E-state index is 5.84. The van der Waals surface area contributed by atoms with Gasteiger partial charge in [0, 0.05) is 11.8 Å². The van der Waals surface area contributed by atoms with Crippen molar-refractivity contribution in [2.24, 2.45) is 0 Å². The minimum absolute atomic E-state index is 0.364. The molecule has 0 unspecified atom stereocenters. The zero-order valence-corrected chi connectivity index (χ0v) is 11.2. The van der Waals surface area contributed by atoms with Gasteiger partial charge in [-0.1, -0.05) is 24.3 Å². The van der Waals surface area contributed by atoms with E-state index in [1.807, 2.05) is 30.3 Å². The molecule has 3 rings (SSSR count). The summed E-state index contributed by atoms with van der Waals surface area (Å²) >= 11 is 0. The van der Waals surface area contributed by atoms with Crippen LogP contribution in [0.4, 0.5) is 23.1 Å². The van der Waals surface area contributed by atoms with Crippen LogP contribution in [0, 0.1) is 0 Å². The van der Waals surface area contributed by atoms with Crippen LogP contribution in [0.2, 0.25) is 0 Å². The molecule has 0 amide bonds. The van der Waals surface area contributed by atoms with E-state index in [-0.39, 0.29) is 0 Å². The molecule has 0 bridgehead atoms. The van der Waals surface area contributed by atoms with Gasteiger partial charge in [0.1, 0.15) is 23.1 Å². The molecule has 2 aromatic heterocycles. The van der Waals surface area contributed by atoms with Crippen molar-refractivity contribution in [1.29, 1.82) is 0 Å². The van der Waals surface area contributed by atoms with Gasteiger partial charge in [-0.05, 0) is 24.3 Å². The fraction of sp³-hybridized carbons (Fsp3) is 0. The maximum Gasteiger partial charge on any atom is 0.182 e. The summed E-state index contributed by atoms with van der Waals surface area (Å²) in [6.07, 6.45) is 0. The molecule has 0 aliphatic heterocycles. The van der Waals surface area contributed by atoms with E-state index in [9.17, 15) is 0 Å². The minimum atomic E-state index is 0.364. The van der Waals surface area contributed by atoms with Crippen LogP contribution in [0.1, 0.15) is 0 Å². The number of nitrogens with one attached hydrogen (secondary N) is 1. The molecule has 0 spiro atoms. The normalized spacial score (nSPS) is 10.3. The van der Waals surface area contributed by atoms with E-state index in [1.165, 1.54) is 0 Å². The van der Waals surface area contributed by atoms with Crippen molar-refractivity contribution in [3.63, 3.8) is 0 Å².